The fraction of sp³-hybridized carbons (Fsp3) is 0.350. The molecular formula is C20H24N2O5S. The van der Waals surface area contributed by atoms with Crippen molar-refractivity contribution in [1.29, 1.82) is 0 Å². The second-order valence-electron chi connectivity index (χ2n) is 6.97. The van der Waals surface area contributed by atoms with Crippen LogP contribution in [0.2, 0.25) is 0 Å². The van der Waals surface area contributed by atoms with Gasteiger partial charge in [0.1, 0.15) is 0 Å². The van der Waals surface area contributed by atoms with Gasteiger partial charge in [-0.25, -0.2) is 13.2 Å². The molecule has 2 aromatic rings. The maximum absolute atomic E-state index is 13.2. The highest BCUT2D eigenvalue weighted by Gasteiger charge is 2.24. The highest BCUT2D eigenvalue weighted by atomic mass is 32.2. The predicted octanol–water partition coefficient (Wildman–Crippen LogP) is 2.95. The Kier molecular flexibility index (Phi) is 5.62. The highest BCUT2D eigenvalue weighted by Crippen LogP contribution is 2.32. The number of hydrogen-bond acceptors (Lipinski definition) is 5. The second-order valence-corrected chi connectivity index (χ2v) is 8.59. The third-order valence-corrected chi connectivity index (χ3v) is 6.38. The van der Waals surface area contributed by atoms with Crippen LogP contribution >= 0.6 is 0 Å². The molecule has 0 aliphatic carbocycles. The van der Waals surface area contributed by atoms with Gasteiger partial charge in [0.25, 0.3) is 10.0 Å². The molecule has 1 saturated heterocycles. The summed E-state index contributed by atoms with van der Waals surface area (Å²) >= 11 is 0. The van der Waals surface area contributed by atoms with Crippen molar-refractivity contribution in [3.05, 3.63) is 52.6 Å². The first-order valence-electron chi connectivity index (χ1n) is 9.00. The molecule has 1 aliphatic heterocycles. The van der Waals surface area contributed by atoms with Crippen molar-refractivity contribution in [2.24, 2.45) is 0 Å². The van der Waals surface area contributed by atoms with E-state index >= 15 is 0 Å². The van der Waals surface area contributed by atoms with E-state index in [4.69, 9.17) is 4.74 Å². The Morgan fingerprint density at radius 3 is 2.25 bits per heavy atom. The average Bonchev–Trinajstić information content (AvgIpc) is 2.60. The zero-order valence-corrected chi connectivity index (χ0v) is 17.0. The van der Waals surface area contributed by atoms with Crippen molar-refractivity contribution in [3.8, 4) is 0 Å². The number of aromatic carboxylic acids is 1. The van der Waals surface area contributed by atoms with Crippen LogP contribution in [0.15, 0.2) is 35.2 Å². The van der Waals surface area contributed by atoms with Crippen LogP contribution in [0.3, 0.4) is 0 Å². The van der Waals surface area contributed by atoms with E-state index < -0.39 is 16.0 Å². The molecule has 7 nitrogen and oxygen atoms in total. The number of ether oxygens (including phenoxy) is 1. The van der Waals surface area contributed by atoms with E-state index in [2.05, 4.69) is 4.72 Å². The van der Waals surface area contributed by atoms with Crippen LogP contribution in [0.5, 0.6) is 0 Å². The lowest BCUT2D eigenvalue weighted by atomic mass is 10.1. The molecule has 0 radical (unpaired) electrons. The molecule has 0 atom stereocenters. The second kappa shape index (κ2) is 7.81. The van der Waals surface area contributed by atoms with Crippen LogP contribution in [0.4, 0.5) is 11.4 Å². The van der Waals surface area contributed by atoms with Crippen molar-refractivity contribution in [2.75, 3.05) is 35.9 Å². The van der Waals surface area contributed by atoms with E-state index in [0.717, 1.165) is 5.56 Å². The molecule has 0 aromatic heterocycles. The summed E-state index contributed by atoms with van der Waals surface area (Å²) in [5.41, 5.74) is 3.18. The van der Waals surface area contributed by atoms with E-state index in [9.17, 15) is 18.3 Å². The van der Waals surface area contributed by atoms with Crippen molar-refractivity contribution < 1.29 is 23.1 Å². The van der Waals surface area contributed by atoms with Gasteiger partial charge < -0.3 is 14.7 Å². The number of nitrogens with zero attached hydrogens (tertiary/aromatic N) is 1. The van der Waals surface area contributed by atoms with Crippen molar-refractivity contribution in [2.45, 2.75) is 25.7 Å². The van der Waals surface area contributed by atoms with E-state index in [1.54, 1.807) is 19.9 Å². The summed E-state index contributed by atoms with van der Waals surface area (Å²) in [4.78, 5) is 13.6. The van der Waals surface area contributed by atoms with Crippen LogP contribution < -0.4 is 9.62 Å². The number of hydrogen-bond donors (Lipinski definition) is 2. The van der Waals surface area contributed by atoms with E-state index in [-0.39, 0.29) is 16.1 Å². The van der Waals surface area contributed by atoms with Gasteiger partial charge in [0.2, 0.25) is 0 Å². The Labute approximate surface area is 165 Å². The zero-order chi connectivity index (χ0) is 20.5. The fourth-order valence-corrected chi connectivity index (χ4v) is 5.14. The number of sulfonamides is 1. The molecule has 1 fully saturated rings. The fourth-order valence-electron chi connectivity index (χ4n) is 3.62. The summed E-state index contributed by atoms with van der Waals surface area (Å²) in [5.74, 6) is -1.11. The Balaban J connectivity index is 2.06. The third-order valence-electron chi connectivity index (χ3n) is 4.71. The molecule has 1 aliphatic rings. The Hall–Kier alpha value is -2.58. The minimum absolute atomic E-state index is 0.0204. The molecule has 28 heavy (non-hydrogen) atoms. The maximum Gasteiger partial charge on any atom is 0.335 e. The van der Waals surface area contributed by atoms with Crippen LogP contribution in [0.1, 0.15) is 27.0 Å². The van der Waals surface area contributed by atoms with E-state index in [1.165, 1.54) is 12.1 Å². The van der Waals surface area contributed by atoms with Gasteiger partial charge in [-0.1, -0.05) is 17.7 Å². The topological polar surface area (TPSA) is 95.9 Å². The van der Waals surface area contributed by atoms with Gasteiger partial charge in [0.05, 0.1) is 35.0 Å². The standard InChI is InChI=1S/C20H24N2O5S/c1-13-10-14(2)19(15(3)11-13)28(25,26)21-17-12-16(20(23)24)4-5-18(17)22-6-8-27-9-7-22/h4-5,10-12,21H,6-9H2,1-3H3,(H,23,24). The zero-order valence-electron chi connectivity index (χ0n) is 16.2. The molecule has 0 saturated carbocycles. The van der Waals surface area contributed by atoms with E-state index in [1.807, 2.05) is 24.0 Å². The summed E-state index contributed by atoms with van der Waals surface area (Å²) in [7, 11) is -3.90. The first-order chi connectivity index (χ1) is 13.2. The Bertz CT molecular complexity index is 988. The van der Waals surface area contributed by atoms with Crippen LogP contribution in [-0.2, 0) is 14.8 Å². The highest BCUT2D eigenvalue weighted by molar-refractivity contribution is 7.92. The minimum Gasteiger partial charge on any atom is -0.478 e. The normalized spacial score (nSPS) is 14.8. The van der Waals surface area contributed by atoms with Gasteiger partial charge >= 0.3 is 5.97 Å². The summed E-state index contributed by atoms with van der Waals surface area (Å²) in [6.07, 6.45) is 0. The number of anilines is 2. The number of carboxylic acid groups (broad SMARTS) is 1. The van der Waals surface area contributed by atoms with E-state index in [0.29, 0.717) is 43.1 Å². The molecule has 8 heteroatoms. The number of carboxylic acids is 1. The smallest absolute Gasteiger partial charge is 0.335 e. The lowest BCUT2D eigenvalue weighted by molar-refractivity contribution is 0.0697. The molecule has 2 N–H and O–H groups in total. The number of carbonyl (C=O) groups is 1. The summed E-state index contributed by atoms with van der Waals surface area (Å²) in [5, 5.41) is 9.33. The Morgan fingerprint density at radius 2 is 1.68 bits per heavy atom. The Morgan fingerprint density at radius 1 is 1.07 bits per heavy atom. The maximum atomic E-state index is 13.2. The van der Waals surface area contributed by atoms with Crippen LogP contribution in [-0.4, -0.2) is 45.8 Å². The molecule has 3 rings (SSSR count). The van der Waals surface area contributed by atoms with Crippen LogP contribution in [0.25, 0.3) is 0 Å². The van der Waals surface area contributed by atoms with Gasteiger partial charge in [0, 0.05) is 13.1 Å². The lowest BCUT2D eigenvalue weighted by Crippen LogP contribution is -2.36. The van der Waals surface area contributed by atoms with Gasteiger partial charge in [0.15, 0.2) is 0 Å². The van der Waals surface area contributed by atoms with Gasteiger partial charge in [-0.15, -0.1) is 0 Å². The van der Waals surface area contributed by atoms with Gasteiger partial charge in [-0.2, -0.15) is 0 Å². The first kappa shape index (κ1) is 20.2. The van der Waals surface area contributed by atoms with Crippen molar-refractivity contribution in [1.82, 2.24) is 0 Å². The van der Waals surface area contributed by atoms with Gasteiger partial charge in [-0.3, -0.25) is 4.72 Å². The predicted molar refractivity (Wildman–Crippen MR) is 108 cm³/mol. The minimum atomic E-state index is -3.90. The number of aryl methyl sites for hydroxylation is 3. The largest absolute Gasteiger partial charge is 0.478 e. The molecule has 150 valence electrons. The monoisotopic (exact) mass is 404 g/mol. The van der Waals surface area contributed by atoms with Crippen molar-refractivity contribution in [3.63, 3.8) is 0 Å². The number of benzene rings is 2. The molecular weight excluding hydrogens is 380 g/mol. The molecule has 0 bridgehead atoms. The number of morpholine rings is 1. The first-order valence-corrected chi connectivity index (χ1v) is 10.5. The summed E-state index contributed by atoms with van der Waals surface area (Å²) in [6.45, 7) is 7.69. The molecule has 2 aromatic carbocycles. The van der Waals surface area contributed by atoms with Crippen LogP contribution in [0, 0.1) is 20.8 Å². The number of nitrogens with one attached hydrogen (secondary N) is 1. The molecule has 0 amide bonds. The molecule has 0 spiro atoms. The van der Waals surface area contributed by atoms with Crippen molar-refractivity contribution >= 4 is 27.4 Å². The third kappa shape index (κ3) is 4.13. The molecule has 0 unspecified atom stereocenters. The summed E-state index contributed by atoms with van der Waals surface area (Å²) in [6, 6.07) is 8.12. The average molecular weight is 404 g/mol. The quantitative estimate of drug-likeness (QED) is 0.795. The SMILES string of the molecule is Cc1cc(C)c(S(=O)(=O)Nc2cc(C(=O)O)ccc2N2CCOCC2)c(C)c1. The summed E-state index contributed by atoms with van der Waals surface area (Å²) < 4.78 is 34.3. The van der Waals surface area contributed by atoms with Gasteiger partial charge in [-0.05, 0) is 50.1 Å². The lowest BCUT2D eigenvalue weighted by Gasteiger charge is -2.31. The molecule has 1 heterocycles. The number of rotatable bonds is 5.